The second-order valence-electron chi connectivity index (χ2n) is 6.30. The van der Waals surface area contributed by atoms with Crippen molar-refractivity contribution in [1.82, 2.24) is 14.8 Å². The summed E-state index contributed by atoms with van der Waals surface area (Å²) < 4.78 is 0. The van der Waals surface area contributed by atoms with Crippen molar-refractivity contribution in [1.29, 1.82) is 5.26 Å². The van der Waals surface area contributed by atoms with E-state index in [1.54, 1.807) is 11.1 Å². The average Bonchev–Trinajstić information content (AvgIpc) is 3.28. The van der Waals surface area contributed by atoms with Crippen LogP contribution in [-0.2, 0) is 17.9 Å². The van der Waals surface area contributed by atoms with E-state index in [1.807, 2.05) is 29.2 Å². The quantitative estimate of drug-likeness (QED) is 0.798. The van der Waals surface area contributed by atoms with Crippen molar-refractivity contribution in [3.05, 3.63) is 53.7 Å². The number of aromatic nitrogens is 1. The number of carbonyl (C=O) groups excluding carboxylic acids is 1. The zero-order chi connectivity index (χ0) is 16.5. The Bertz CT molecular complexity index is 812. The van der Waals surface area contributed by atoms with Gasteiger partial charge in [0, 0.05) is 31.4 Å². The number of likely N-dealkylation sites (tertiary alicyclic amines) is 1. The largest absolute Gasteiger partial charge is 0.332 e. The molecular weight excluding hydrogens is 300 g/mol. The number of amides is 1. The summed E-state index contributed by atoms with van der Waals surface area (Å²) in [6, 6.07) is 11.7. The lowest BCUT2D eigenvalue weighted by Crippen LogP contribution is -2.41. The highest BCUT2D eigenvalue weighted by atomic mass is 16.2. The molecule has 1 aromatic heterocycles. The lowest BCUT2D eigenvalue weighted by atomic mass is 10.0. The molecule has 0 bridgehead atoms. The highest BCUT2D eigenvalue weighted by Gasteiger charge is 2.36. The van der Waals surface area contributed by atoms with Crippen LogP contribution in [0.2, 0.25) is 0 Å². The fourth-order valence-corrected chi connectivity index (χ4v) is 3.69. The molecule has 2 aliphatic rings. The van der Waals surface area contributed by atoms with Crippen molar-refractivity contribution < 1.29 is 4.79 Å². The SMILES string of the molecule is N#CN1CCC[C@H]1C(=O)N1Cc2cccc(-c3ccccn3)c2C1. The first-order valence-electron chi connectivity index (χ1n) is 8.25. The number of pyridine rings is 1. The molecule has 1 amide bonds. The molecule has 5 heteroatoms. The smallest absolute Gasteiger partial charge is 0.246 e. The van der Waals surface area contributed by atoms with Crippen molar-refractivity contribution in [2.75, 3.05) is 6.54 Å². The van der Waals surface area contributed by atoms with Gasteiger partial charge in [-0.1, -0.05) is 24.3 Å². The minimum absolute atomic E-state index is 0.0669. The highest BCUT2D eigenvalue weighted by molar-refractivity contribution is 5.83. The minimum atomic E-state index is -0.289. The topological polar surface area (TPSA) is 60.2 Å². The van der Waals surface area contributed by atoms with Gasteiger partial charge in [-0.25, -0.2) is 0 Å². The van der Waals surface area contributed by atoms with Crippen LogP contribution in [0.15, 0.2) is 42.6 Å². The Kier molecular flexibility index (Phi) is 3.66. The molecule has 0 spiro atoms. The summed E-state index contributed by atoms with van der Waals surface area (Å²) in [6.07, 6.45) is 5.62. The second-order valence-corrected chi connectivity index (χ2v) is 6.30. The molecule has 0 unspecified atom stereocenters. The number of hydrogen-bond acceptors (Lipinski definition) is 4. The van der Waals surface area contributed by atoms with E-state index in [2.05, 4.69) is 23.3 Å². The lowest BCUT2D eigenvalue weighted by Gasteiger charge is -2.23. The van der Waals surface area contributed by atoms with Crippen molar-refractivity contribution in [3.63, 3.8) is 0 Å². The van der Waals surface area contributed by atoms with E-state index in [0.717, 1.165) is 24.1 Å². The molecular formula is C19H18N4O. The Balaban J connectivity index is 1.61. The molecule has 4 rings (SSSR count). The third kappa shape index (κ3) is 2.41. The van der Waals surface area contributed by atoms with Gasteiger partial charge >= 0.3 is 0 Å². The van der Waals surface area contributed by atoms with Gasteiger partial charge in [0.25, 0.3) is 0 Å². The van der Waals surface area contributed by atoms with Crippen LogP contribution in [0.25, 0.3) is 11.3 Å². The Morgan fingerprint density at radius 3 is 2.92 bits per heavy atom. The van der Waals surface area contributed by atoms with Crippen LogP contribution in [0, 0.1) is 11.5 Å². The van der Waals surface area contributed by atoms with E-state index in [0.29, 0.717) is 19.6 Å². The molecule has 0 N–H and O–H groups in total. The Morgan fingerprint density at radius 1 is 1.21 bits per heavy atom. The zero-order valence-electron chi connectivity index (χ0n) is 13.4. The van der Waals surface area contributed by atoms with E-state index in [9.17, 15) is 10.1 Å². The van der Waals surface area contributed by atoms with Gasteiger partial charge in [-0.15, -0.1) is 0 Å². The van der Waals surface area contributed by atoms with Crippen LogP contribution >= 0.6 is 0 Å². The normalized spacial score (nSPS) is 19.2. The minimum Gasteiger partial charge on any atom is -0.332 e. The molecule has 1 saturated heterocycles. The molecule has 1 aromatic carbocycles. The summed E-state index contributed by atoms with van der Waals surface area (Å²) in [5.74, 6) is 0.0669. The first-order valence-corrected chi connectivity index (χ1v) is 8.25. The van der Waals surface area contributed by atoms with Crippen molar-refractivity contribution in [2.24, 2.45) is 0 Å². The number of carbonyl (C=O) groups is 1. The number of hydrogen-bond donors (Lipinski definition) is 0. The summed E-state index contributed by atoms with van der Waals surface area (Å²) in [5.41, 5.74) is 4.37. The fraction of sp³-hybridized carbons (Fsp3) is 0.316. The van der Waals surface area contributed by atoms with Gasteiger partial charge in [0.2, 0.25) is 5.91 Å². The maximum atomic E-state index is 12.9. The van der Waals surface area contributed by atoms with Crippen LogP contribution in [0.1, 0.15) is 24.0 Å². The third-order valence-electron chi connectivity index (χ3n) is 4.90. The Morgan fingerprint density at radius 2 is 2.12 bits per heavy atom. The first-order chi connectivity index (χ1) is 11.8. The van der Waals surface area contributed by atoms with E-state index >= 15 is 0 Å². The fourth-order valence-electron chi connectivity index (χ4n) is 3.69. The van der Waals surface area contributed by atoms with Crippen molar-refractivity contribution in [3.8, 4) is 17.5 Å². The van der Waals surface area contributed by atoms with Crippen LogP contribution in [0.3, 0.4) is 0 Å². The number of nitriles is 1. The summed E-state index contributed by atoms with van der Waals surface area (Å²) in [4.78, 5) is 20.8. The first kappa shape index (κ1) is 14.7. The predicted octanol–water partition coefficient (Wildman–Crippen LogP) is 2.54. The molecule has 1 atom stereocenters. The summed E-state index contributed by atoms with van der Waals surface area (Å²) in [6.45, 7) is 1.90. The monoisotopic (exact) mass is 318 g/mol. The van der Waals surface area contributed by atoms with Gasteiger partial charge in [-0.3, -0.25) is 14.7 Å². The van der Waals surface area contributed by atoms with Crippen LogP contribution in [0.5, 0.6) is 0 Å². The highest BCUT2D eigenvalue weighted by Crippen LogP contribution is 2.33. The Labute approximate surface area is 141 Å². The standard InChI is InChI=1S/C19H18N4O/c20-13-22-10-4-8-18(22)19(24)23-11-14-5-3-6-15(16(14)12-23)17-7-1-2-9-21-17/h1-3,5-7,9,18H,4,8,10-12H2/t18-/m0/s1. The van der Waals surface area contributed by atoms with Gasteiger partial charge in [-0.2, -0.15) is 5.26 Å². The molecule has 0 saturated carbocycles. The maximum Gasteiger partial charge on any atom is 0.246 e. The van der Waals surface area contributed by atoms with E-state index < -0.39 is 0 Å². The van der Waals surface area contributed by atoms with Crippen LogP contribution < -0.4 is 0 Å². The molecule has 24 heavy (non-hydrogen) atoms. The summed E-state index contributed by atoms with van der Waals surface area (Å²) in [7, 11) is 0. The molecule has 1 fully saturated rings. The molecule has 0 radical (unpaired) electrons. The predicted molar refractivity (Wildman–Crippen MR) is 89.3 cm³/mol. The number of fused-ring (bicyclic) bond motifs is 1. The second kappa shape index (κ2) is 5.97. The lowest BCUT2D eigenvalue weighted by molar-refractivity contribution is -0.135. The van der Waals surface area contributed by atoms with Crippen LogP contribution in [-0.4, -0.2) is 33.3 Å². The Hall–Kier alpha value is -2.87. The molecule has 5 nitrogen and oxygen atoms in total. The molecule has 2 aromatic rings. The van der Waals surface area contributed by atoms with Gasteiger partial charge in [0.1, 0.15) is 6.04 Å². The van der Waals surface area contributed by atoms with Crippen molar-refractivity contribution >= 4 is 5.91 Å². The molecule has 0 aliphatic carbocycles. The number of rotatable bonds is 2. The van der Waals surface area contributed by atoms with E-state index in [1.165, 1.54) is 11.1 Å². The zero-order valence-corrected chi connectivity index (χ0v) is 13.4. The maximum absolute atomic E-state index is 12.9. The summed E-state index contributed by atoms with van der Waals surface area (Å²) in [5, 5.41) is 9.19. The average molecular weight is 318 g/mol. The van der Waals surface area contributed by atoms with Crippen LogP contribution in [0.4, 0.5) is 0 Å². The van der Waals surface area contributed by atoms with Crippen molar-refractivity contribution in [2.45, 2.75) is 32.0 Å². The third-order valence-corrected chi connectivity index (χ3v) is 4.90. The number of benzene rings is 1. The van der Waals surface area contributed by atoms with Gasteiger partial charge in [0.05, 0.1) is 5.69 Å². The molecule has 120 valence electrons. The van der Waals surface area contributed by atoms with E-state index in [-0.39, 0.29) is 11.9 Å². The van der Waals surface area contributed by atoms with Gasteiger partial charge < -0.3 is 4.90 Å². The molecule has 3 heterocycles. The van der Waals surface area contributed by atoms with Gasteiger partial charge in [0.15, 0.2) is 6.19 Å². The van der Waals surface area contributed by atoms with Gasteiger partial charge in [-0.05, 0) is 36.1 Å². The summed E-state index contributed by atoms with van der Waals surface area (Å²) >= 11 is 0. The number of nitrogens with zero attached hydrogens (tertiary/aromatic N) is 4. The van der Waals surface area contributed by atoms with E-state index in [4.69, 9.17) is 0 Å². The molecule has 2 aliphatic heterocycles.